The van der Waals surface area contributed by atoms with E-state index in [0.717, 1.165) is 16.8 Å². The molecule has 0 aliphatic rings. The Morgan fingerprint density at radius 1 is 1.39 bits per heavy atom. The van der Waals surface area contributed by atoms with Gasteiger partial charge in [0.2, 0.25) is 0 Å². The van der Waals surface area contributed by atoms with Gasteiger partial charge in [-0.15, -0.1) is 11.3 Å². The third-order valence-corrected chi connectivity index (χ3v) is 4.50. The van der Waals surface area contributed by atoms with Crippen molar-refractivity contribution in [3.8, 4) is 5.75 Å². The topological polar surface area (TPSA) is 21.3 Å². The molecule has 0 radical (unpaired) electrons. The molecule has 1 heterocycles. The molecule has 0 spiro atoms. The Morgan fingerprint density at radius 3 is 2.89 bits per heavy atom. The fraction of sp³-hybridized carbons (Fsp3) is 0.286. The van der Waals surface area contributed by atoms with Crippen LogP contribution in [-0.4, -0.2) is 7.11 Å². The summed E-state index contributed by atoms with van der Waals surface area (Å²) >= 11 is 5.23. The molecule has 0 aliphatic heterocycles. The van der Waals surface area contributed by atoms with Crippen molar-refractivity contribution in [3.05, 3.63) is 50.6 Å². The van der Waals surface area contributed by atoms with E-state index in [-0.39, 0.29) is 0 Å². The molecular weight excluding hydrogens is 310 g/mol. The van der Waals surface area contributed by atoms with E-state index in [1.54, 1.807) is 18.4 Å². The first-order valence-electron chi connectivity index (χ1n) is 5.79. The average molecular weight is 326 g/mol. The molecule has 96 valence electrons. The van der Waals surface area contributed by atoms with Gasteiger partial charge < -0.3 is 10.1 Å². The zero-order chi connectivity index (χ0) is 13.0. The second kappa shape index (κ2) is 6.36. The molecule has 1 aromatic heterocycles. The van der Waals surface area contributed by atoms with Crippen LogP contribution >= 0.6 is 27.3 Å². The Labute approximate surface area is 120 Å². The molecule has 0 saturated carbocycles. The third-order valence-electron chi connectivity index (χ3n) is 2.80. The van der Waals surface area contributed by atoms with E-state index in [4.69, 9.17) is 4.74 Å². The van der Waals surface area contributed by atoms with Crippen LogP contribution in [0.5, 0.6) is 5.75 Å². The van der Waals surface area contributed by atoms with Crippen LogP contribution in [0.3, 0.4) is 0 Å². The quantitative estimate of drug-likeness (QED) is 0.881. The van der Waals surface area contributed by atoms with Crippen LogP contribution in [0.1, 0.15) is 23.4 Å². The van der Waals surface area contributed by atoms with Gasteiger partial charge in [0.05, 0.1) is 7.11 Å². The second-order valence-corrected chi connectivity index (χ2v) is 6.02. The molecule has 0 saturated heterocycles. The fourth-order valence-corrected chi connectivity index (χ4v) is 3.13. The number of hydrogen-bond donors (Lipinski definition) is 1. The van der Waals surface area contributed by atoms with Gasteiger partial charge in [-0.1, -0.05) is 12.1 Å². The van der Waals surface area contributed by atoms with E-state index < -0.39 is 0 Å². The summed E-state index contributed by atoms with van der Waals surface area (Å²) in [6.45, 7) is 3.05. The molecule has 2 rings (SSSR count). The Kier molecular flexibility index (Phi) is 4.80. The molecule has 18 heavy (non-hydrogen) atoms. The van der Waals surface area contributed by atoms with Gasteiger partial charge in [0.25, 0.3) is 0 Å². The summed E-state index contributed by atoms with van der Waals surface area (Å²) in [5.74, 6) is 0.903. The first kappa shape index (κ1) is 13.6. The summed E-state index contributed by atoms with van der Waals surface area (Å²) in [5.41, 5.74) is 1.24. The molecule has 2 aromatic rings. The summed E-state index contributed by atoms with van der Waals surface area (Å²) in [6, 6.07) is 10.6. The molecule has 0 amide bonds. The predicted octanol–water partition coefficient (Wildman–Crippen LogP) is 4.37. The molecule has 0 aliphatic carbocycles. The molecule has 1 unspecified atom stereocenters. The number of hydrogen-bond acceptors (Lipinski definition) is 3. The van der Waals surface area contributed by atoms with Gasteiger partial charge in [-0.2, -0.15) is 0 Å². The zero-order valence-electron chi connectivity index (χ0n) is 10.4. The number of nitrogens with one attached hydrogen (secondary N) is 1. The maximum absolute atomic E-state index is 5.24. The summed E-state index contributed by atoms with van der Waals surface area (Å²) < 4.78 is 6.39. The number of thiophene rings is 1. The Balaban J connectivity index is 1.96. The van der Waals surface area contributed by atoms with Gasteiger partial charge in [0, 0.05) is 27.3 Å². The van der Waals surface area contributed by atoms with Gasteiger partial charge in [0.1, 0.15) is 5.75 Å². The predicted molar refractivity (Wildman–Crippen MR) is 80.3 cm³/mol. The molecule has 1 atom stereocenters. The van der Waals surface area contributed by atoms with Crippen LogP contribution in [0.2, 0.25) is 0 Å². The van der Waals surface area contributed by atoms with E-state index >= 15 is 0 Å². The van der Waals surface area contributed by atoms with Crippen LogP contribution < -0.4 is 10.1 Å². The van der Waals surface area contributed by atoms with Gasteiger partial charge in [-0.05, 0) is 46.6 Å². The van der Waals surface area contributed by atoms with Gasteiger partial charge >= 0.3 is 0 Å². The molecule has 2 nitrogen and oxygen atoms in total. The van der Waals surface area contributed by atoms with E-state index in [1.165, 1.54) is 10.4 Å². The summed E-state index contributed by atoms with van der Waals surface area (Å²) in [4.78, 5) is 1.33. The Hall–Kier alpha value is -0.840. The van der Waals surface area contributed by atoms with Crippen molar-refractivity contribution in [2.45, 2.75) is 19.5 Å². The van der Waals surface area contributed by atoms with E-state index in [9.17, 15) is 0 Å². The van der Waals surface area contributed by atoms with E-state index in [1.807, 2.05) is 12.1 Å². The lowest BCUT2D eigenvalue weighted by Crippen LogP contribution is -2.17. The van der Waals surface area contributed by atoms with Crippen molar-refractivity contribution >= 4 is 27.3 Å². The number of ether oxygens (including phenoxy) is 1. The Morgan fingerprint density at radius 2 is 2.22 bits per heavy atom. The van der Waals surface area contributed by atoms with Crippen molar-refractivity contribution in [1.82, 2.24) is 5.32 Å². The third kappa shape index (κ3) is 3.57. The van der Waals surface area contributed by atoms with Crippen molar-refractivity contribution in [1.29, 1.82) is 0 Å². The largest absolute Gasteiger partial charge is 0.497 e. The lowest BCUT2D eigenvalue weighted by molar-refractivity contribution is 0.413. The molecule has 1 aromatic carbocycles. The lowest BCUT2D eigenvalue weighted by Gasteiger charge is -2.14. The highest BCUT2D eigenvalue weighted by Gasteiger charge is 2.06. The number of rotatable bonds is 5. The number of benzene rings is 1. The molecular formula is C14H16BrNOS. The zero-order valence-corrected chi connectivity index (χ0v) is 12.8. The van der Waals surface area contributed by atoms with Crippen molar-refractivity contribution in [2.24, 2.45) is 0 Å². The molecule has 1 N–H and O–H groups in total. The highest BCUT2D eigenvalue weighted by Crippen LogP contribution is 2.22. The average Bonchev–Trinajstić information content (AvgIpc) is 2.82. The van der Waals surface area contributed by atoms with E-state index in [0.29, 0.717) is 6.04 Å². The van der Waals surface area contributed by atoms with Crippen LogP contribution in [0.4, 0.5) is 0 Å². The fourth-order valence-electron chi connectivity index (χ4n) is 1.73. The van der Waals surface area contributed by atoms with Crippen molar-refractivity contribution < 1.29 is 4.74 Å². The summed E-state index contributed by atoms with van der Waals surface area (Å²) in [5, 5.41) is 5.62. The summed E-state index contributed by atoms with van der Waals surface area (Å²) in [7, 11) is 1.69. The van der Waals surface area contributed by atoms with Crippen LogP contribution in [-0.2, 0) is 6.54 Å². The maximum Gasteiger partial charge on any atom is 0.119 e. The molecule has 4 heteroatoms. The minimum absolute atomic E-state index is 0.306. The molecule has 0 fully saturated rings. The van der Waals surface area contributed by atoms with Crippen LogP contribution in [0, 0.1) is 0 Å². The minimum Gasteiger partial charge on any atom is -0.497 e. The standard InChI is InChI=1S/C14H16BrNOS/c1-10(11-4-3-5-13(6-11)17-2)16-8-14-7-12(15)9-18-14/h3-7,9-10,16H,8H2,1-2H3. The monoisotopic (exact) mass is 325 g/mol. The van der Waals surface area contributed by atoms with Gasteiger partial charge in [0.15, 0.2) is 0 Å². The number of halogens is 1. The SMILES string of the molecule is COc1cccc(C(C)NCc2cc(Br)cs2)c1. The lowest BCUT2D eigenvalue weighted by atomic mass is 10.1. The van der Waals surface area contributed by atoms with Crippen LogP contribution in [0.25, 0.3) is 0 Å². The Bertz CT molecular complexity index is 512. The van der Waals surface area contributed by atoms with Crippen molar-refractivity contribution in [3.63, 3.8) is 0 Å². The molecule has 0 bridgehead atoms. The summed E-state index contributed by atoms with van der Waals surface area (Å²) in [6.07, 6.45) is 0. The smallest absolute Gasteiger partial charge is 0.119 e. The van der Waals surface area contributed by atoms with Gasteiger partial charge in [-0.3, -0.25) is 0 Å². The highest BCUT2D eigenvalue weighted by molar-refractivity contribution is 9.10. The van der Waals surface area contributed by atoms with Gasteiger partial charge in [-0.25, -0.2) is 0 Å². The minimum atomic E-state index is 0.306. The van der Waals surface area contributed by atoms with Crippen LogP contribution in [0.15, 0.2) is 40.2 Å². The van der Waals surface area contributed by atoms with E-state index in [2.05, 4.69) is 51.7 Å². The normalized spacial score (nSPS) is 12.4. The first-order valence-corrected chi connectivity index (χ1v) is 7.46. The number of methoxy groups -OCH3 is 1. The highest BCUT2D eigenvalue weighted by atomic mass is 79.9. The maximum atomic E-state index is 5.24. The second-order valence-electron chi connectivity index (χ2n) is 4.11. The van der Waals surface area contributed by atoms with Crippen molar-refractivity contribution in [2.75, 3.05) is 7.11 Å². The first-order chi connectivity index (χ1) is 8.69.